The SMILES string of the molecule is CCCCC1N=C2C3=C(N(C)CNC3)[N+](=O)[N+]2(CCCC)C1=O. The minimum atomic E-state index is -0.362. The van der Waals surface area contributed by atoms with Crippen LogP contribution >= 0.6 is 0 Å². The Kier molecular flexibility index (Phi) is 4.33. The molecule has 2 atom stereocenters. The first-order chi connectivity index (χ1) is 11.1. The van der Waals surface area contributed by atoms with Gasteiger partial charge in [-0.05, 0) is 15.9 Å². The fraction of sp³-hybridized carbons (Fsp3) is 0.750. The van der Waals surface area contributed by atoms with Crippen molar-refractivity contribution in [3.63, 3.8) is 0 Å². The molecule has 0 saturated carbocycles. The summed E-state index contributed by atoms with van der Waals surface area (Å²) in [6.45, 7) is 5.93. The highest BCUT2D eigenvalue weighted by Crippen LogP contribution is 2.38. The molecule has 0 aromatic carbocycles. The van der Waals surface area contributed by atoms with Gasteiger partial charge in [-0.15, -0.1) is 0 Å². The Hall–Kier alpha value is -1.60. The summed E-state index contributed by atoms with van der Waals surface area (Å²) < 4.78 is -0.237. The third-order valence-corrected chi connectivity index (χ3v) is 4.99. The van der Waals surface area contributed by atoms with Crippen LogP contribution in [0.4, 0.5) is 0 Å². The monoisotopic (exact) mass is 321 g/mol. The Bertz CT molecular complexity index is 597. The molecule has 2 unspecified atom stereocenters. The summed E-state index contributed by atoms with van der Waals surface area (Å²) in [7, 11) is 1.88. The van der Waals surface area contributed by atoms with Crippen molar-refractivity contribution in [3.8, 4) is 0 Å². The maximum Gasteiger partial charge on any atom is 0.390 e. The smallest absolute Gasteiger partial charge is 0.277 e. The highest BCUT2D eigenvalue weighted by molar-refractivity contribution is 6.05. The van der Waals surface area contributed by atoms with Gasteiger partial charge in [0.25, 0.3) is 5.84 Å². The summed E-state index contributed by atoms with van der Waals surface area (Å²) in [6.07, 6.45) is 4.52. The number of nitroso groups, excluding NO2 is 1. The average molecular weight is 321 g/mol. The van der Waals surface area contributed by atoms with Gasteiger partial charge in [0.2, 0.25) is 0 Å². The number of rotatable bonds is 6. The number of nitrogens with one attached hydrogen (secondary N) is 1. The van der Waals surface area contributed by atoms with Crippen LogP contribution in [0.25, 0.3) is 0 Å². The molecular formula is C16H27N5O2+2. The third-order valence-electron chi connectivity index (χ3n) is 4.99. The molecule has 7 heteroatoms. The van der Waals surface area contributed by atoms with E-state index in [-0.39, 0.29) is 16.5 Å². The van der Waals surface area contributed by atoms with E-state index in [0.29, 0.717) is 31.4 Å². The lowest BCUT2D eigenvalue weighted by atomic mass is 10.1. The molecule has 3 rings (SSSR count). The lowest BCUT2D eigenvalue weighted by Crippen LogP contribution is -2.58. The van der Waals surface area contributed by atoms with E-state index in [1.807, 2.05) is 11.9 Å². The zero-order chi connectivity index (χ0) is 16.6. The van der Waals surface area contributed by atoms with E-state index in [2.05, 4.69) is 19.2 Å². The highest BCUT2D eigenvalue weighted by Gasteiger charge is 2.69. The Morgan fingerprint density at radius 1 is 1.35 bits per heavy atom. The molecule has 23 heavy (non-hydrogen) atoms. The van der Waals surface area contributed by atoms with E-state index in [4.69, 9.17) is 4.99 Å². The Labute approximate surface area is 137 Å². The molecule has 0 bridgehead atoms. The van der Waals surface area contributed by atoms with Crippen LogP contribution < -0.4 is 5.32 Å². The van der Waals surface area contributed by atoms with Crippen LogP contribution in [0.2, 0.25) is 0 Å². The second-order valence-corrected chi connectivity index (χ2v) is 6.65. The van der Waals surface area contributed by atoms with Crippen LogP contribution in [-0.4, -0.2) is 59.0 Å². The third kappa shape index (κ3) is 2.25. The normalized spacial score (nSPS) is 30.0. The quantitative estimate of drug-likeness (QED) is 0.595. The fourth-order valence-corrected chi connectivity index (χ4v) is 3.74. The van der Waals surface area contributed by atoms with Gasteiger partial charge in [0.15, 0.2) is 16.5 Å². The van der Waals surface area contributed by atoms with Crippen LogP contribution in [0, 0.1) is 4.91 Å². The van der Waals surface area contributed by atoms with E-state index in [1.54, 1.807) is 0 Å². The predicted molar refractivity (Wildman–Crippen MR) is 87.1 cm³/mol. The lowest BCUT2D eigenvalue weighted by Gasteiger charge is -2.21. The van der Waals surface area contributed by atoms with Gasteiger partial charge in [-0.25, -0.2) is 14.7 Å². The molecule has 7 nitrogen and oxygen atoms in total. The highest BCUT2D eigenvalue weighted by atomic mass is 16.4. The second-order valence-electron chi connectivity index (χ2n) is 6.65. The van der Waals surface area contributed by atoms with Crippen LogP contribution in [0.15, 0.2) is 16.4 Å². The van der Waals surface area contributed by atoms with Gasteiger partial charge in [0.05, 0.1) is 7.05 Å². The minimum absolute atomic E-state index is 0.0419. The molecule has 0 saturated heterocycles. The Morgan fingerprint density at radius 3 is 2.78 bits per heavy atom. The zero-order valence-corrected chi connectivity index (χ0v) is 14.3. The molecule has 3 aliphatic rings. The van der Waals surface area contributed by atoms with Gasteiger partial charge in [0, 0.05) is 13.0 Å². The Morgan fingerprint density at radius 2 is 2.09 bits per heavy atom. The van der Waals surface area contributed by atoms with Gasteiger partial charge in [0.1, 0.15) is 13.2 Å². The van der Waals surface area contributed by atoms with Crippen LogP contribution in [0.3, 0.4) is 0 Å². The van der Waals surface area contributed by atoms with Gasteiger partial charge >= 0.3 is 11.7 Å². The molecule has 3 heterocycles. The molecule has 3 aliphatic heterocycles. The van der Waals surface area contributed by atoms with Crippen LogP contribution in [0.5, 0.6) is 0 Å². The van der Waals surface area contributed by atoms with E-state index in [0.717, 1.165) is 42.5 Å². The van der Waals surface area contributed by atoms with Gasteiger partial charge in [-0.2, -0.15) is 0 Å². The molecule has 0 radical (unpaired) electrons. The van der Waals surface area contributed by atoms with Crippen molar-refractivity contribution in [1.29, 1.82) is 0 Å². The topological polar surface area (TPSA) is 64.8 Å². The summed E-state index contributed by atoms with van der Waals surface area (Å²) in [5.74, 6) is 1.26. The molecule has 1 N–H and O–H groups in total. The number of unbranched alkanes of at least 4 members (excludes halogenated alkanes) is 2. The first kappa shape index (κ1) is 16.3. The molecule has 0 spiro atoms. The number of carbonyl (C=O) groups is 1. The van der Waals surface area contributed by atoms with Gasteiger partial charge < -0.3 is 0 Å². The zero-order valence-electron chi connectivity index (χ0n) is 14.3. The van der Waals surface area contributed by atoms with E-state index in [9.17, 15) is 9.70 Å². The number of nitrogens with zero attached hydrogens (tertiary/aromatic N) is 4. The molecule has 0 aromatic rings. The lowest BCUT2D eigenvalue weighted by molar-refractivity contribution is -1.22. The van der Waals surface area contributed by atoms with Crippen molar-refractivity contribution in [1.82, 2.24) is 10.2 Å². The largest absolute Gasteiger partial charge is 0.390 e. The predicted octanol–water partition coefficient (Wildman–Crippen LogP) is 1.51. The first-order valence-electron chi connectivity index (χ1n) is 8.71. The molecule has 0 aliphatic carbocycles. The number of amidine groups is 1. The van der Waals surface area contributed by atoms with E-state index in [1.165, 1.54) is 0 Å². The van der Waals surface area contributed by atoms with E-state index >= 15 is 0 Å². The van der Waals surface area contributed by atoms with Crippen molar-refractivity contribution in [3.05, 3.63) is 16.3 Å². The minimum Gasteiger partial charge on any atom is -0.277 e. The van der Waals surface area contributed by atoms with Crippen molar-refractivity contribution in [2.24, 2.45) is 4.99 Å². The first-order valence-corrected chi connectivity index (χ1v) is 8.71. The summed E-state index contributed by atoms with van der Waals surface area (Å²) >= 11 is 0. The van der Waals surface area contributed by atoms with Crippen molar-refractivity contribution in [2.45, 2.75) is 52.0 Å². The Balaban J connectivity index is 2.03. The molecule has 0 aromatic heterocycles. The van der Waals surface area contributed by atoms with Crippen molar-refractivity contribution in [2.75, 3.05) is 26.8 Å². The number of hydrogen-bond donors (Lipinski definition) is 1. The maximum absolute atomic E-state index is 13.1. The average Bonchev–Trinajstić information content (AvgIpc) is 2.96. The van der Waals surface area contributed by atoms with Crippen molar-refractivity contribution < 1.29 is 14.3 Å². The summed E-state index contributed by atoms with van der Waals surface area (Å²) in [5.41, 5.74) is 0.900. The second kappa shape index (κ2) is 6.13. The van der Waals surface area contributed by atoms with Crippen LogP contribution in [0.1, 0.15) is 46.0 Å². The van der Waals surface area contributed by atoms with Crippen molar-refractivity contribution >= 4 is 11.7 Å². The number of carbonyl (C=O) groups excluding carboxylic acids is 1. The summed E-state index contributed by atoms with van der Waals surface area (Å²) in [6, 6.07) is -0.362. The van der Waals surface area contributed by atoms with E-state index < -0.39 is 0 Å². The molecule has 1 amide bonds. The number of quaternary nitrogens is 1. The van der Waals surface area contributed by atoms with Gasteiger partial charge in [-0.3, -0.25) is 5.32 Å². The number of hydrogen-bond acceptors (Lipinski definition) is 5. The fourth-order valence-electron chi connectivity index (χ4n) is 3.74. The maximum atomic E-state index is 13.1. The molecule has 0 fully saturated rings. The summed E-state index contributed by atoms with van der Waals surface area (Å²) in [5, 5.41) is 3.29. The number of fused-ring (bicyclic) bond motifs is 2. The number of aliphatic imine (C=N–C) groups is 1. The molecular weight excluding hydrogens is 294 g/mol. The standard InChI is InChI=1S/C16H27N5O2/c1-4-6-8-13-16(22)21(9-7-5-2)14(18-13)12-10-17-11-19(3)15(12)20(21)23/h13,17H,4-11H2,1-3H3/q+2. The van der Waals surface area contributed by atoms with Gasteiger partial charge in [-0.1, -0.05) is 33.1 Å². The van der Waals surface area contributed by atoms with Crippen LogP contribution in [-0.2, 0) is 4.79 Å². The summed E-state index contributed by atoms with van der Waals surface area (Å²) in [4.78, 5) is 33.8. The molecule has 126 valence electrons. The number of amides is 1.